The van der Waals surface area contributed by atoms with Gasteiger partial charge in [0.2, 0.25) is 0 Å². The van der Waals surface area contributed by atoms with Crippen LogP contribution >= 0.6 is 0 Å². The lowest BCUT2D eigenvalue weighted by molar-refractivity contribution is 0.0199. The first-order chi connectivity index (χ1) is 5.58. The van der Waals surface area contributed by atoms with Gasteiger partial charge in [-0.2, -0.15) is 0 Å². The van der Waals surface area contributed by atoms with Gasteiger partial charge in [0.05, 0.1) is 5.60 Å². The summed E-state index contributed by atoms with van der Waals surface area (Å²) in [5.41, 5.74) is 7.32. The molecule has 0 radical (unpaired) electrons. The van der Waals surface area contributed by atoms with E-state index in [4.69, 9.17) is 10.5 Å². The highest BCUT2D eigenvalue weighted by atomic mass is 16.5. The Morgan fingerprint density at radius 3 is 2.33 bits per heavy atom. The fraction of sp³-hybridized carbons (Fsp3) is 0.400. The van der Waals surface area contributed by atoms with Gasteiger partial charge in [0.1, 0.15) is 0 Å². The van der Waals surface area contributed by atoms with Gasteiger partial charge in [0.15, 0.2) is 0 Å². The Kier molecular flexibility index (Phi) is 2.38. The van der Waals surface area contributed by atoms with E-state index in [1.807, 2.05) is 38.1 Å². The van der Waals surface area contributed by atoms with Crippen molar-refractivity contribution in [2.75, 3.05) is 12.8 Å². The minimum atomic E-state index is -0.300. The van der Waals surface area contributed by atoms with Crippen LogP contribution < -0.4 is 5.73 Å². The molecule has 0 aliphatic rings. The Bertz CT molecular complexity index is 268. The molecule has 0 aliphatic carbocycles. The maximum atomic E-state index is 5.80. The van der Waals surface area contributed by atoms with E-state index in [0.717, 1.165) is 11.3 Å². The Labute approximate surface area is 73.3 Å². The molecule has 0 spiro atoms. The van der Waals surface area contributed by atoms with Crippen molar-refractivity contribution in [2.45, 2.75) is 19.4 Å². The van der Waals surface area contributed by atoms with Crippen molar-refractivity contribution in [3.63, 3.8) is 0 Å². The third kappa shape index (κ3) is 1.59. The van der Waals surface area contributed by atoms with Crippen LogP contribution in [0.25, 0.3) is 0 Å². The minimum Gasteiger partial charge on any atom is -0.398 e. The molecular formula is C10H15NO. The van der Waals surface area contributed by atoms with Gasteiger partial charge in [-0.25, -0.2) is 0 Å². The summed E-state index contributed by atoms with van der Waals surface area (Å²) < 4.78 is 5.32. The molecule has 0 heterocycles. The van der Waals surface area contributed by atoms with Gasteiger partial charge in [-0.3, -0.25) is 0 Å². The normalized spacial score (nSPS) is 11.6. The molecule has 1 aromatic carbocycles. The van der Waals surface area contributed by atoms with E-state index in [-0.39, 0.29) is 5.60 Å². The van der Waals surface area contributed by atoms with Gasteiger partial charge < -0.3 is 10.5 Å². The lowest BCUT2D eigenvalue weighted by atomic mass is 9.96. The molecular weight excluding hydrogens is 150 g/mol. The van der Waals surface area contributed by atoms with E-state index in [1.54, 1.807) is 7.11 Å². The van der Waals surface area contributed by atoms with Gasteiger partial charge in [0.25, 0.3) is 0 Å². The number of para-hydroxylation sites is 1. The van der Waals surface area contributed by atoms with Crippen LogP contribution in [0.5, 0.6) is 0 Å². The molecule has 12 heavy (non-hydrogen) atoms. The Balaban J connectivity index is 3.10. The van der Waals surface area contributed by atoms with E-state index < -0.39 is 0 Å². The van der Waals surface area contributed by atoms with Crippen molar-refractivity contribution in [3.05, 3.63) is 29.8 Å². The van der Waals surface area contributed by atoms with Crippen LogP contribution in [0.1, 0.15) is 19.4 Å². The number of hydrogen-bond acceptors (Lipinski definition) is 2. The molecule has 2 heteroatoms. The Morgan fingerprint density at radius 1 is 1.25 bits per heavy atom. The maximum absolute atomic E-state index is 5.80. The molecule has 0 saturated heterocycles. The van der Waals surface area contributed by atoms with Crippen LogP contribution in [-0.4, -0.2) is 7.11 Å². The average molecular weight is 165 g/mol. The van der Waals surface area contributed by atoms with Crippen LogP contribution in [0.4, 0.5) is 5.69 Å². The van der Waals surface area contributed by atoms with Gasteiger partial charge >= 0.3 is 0 Å². The first kappa shape index (κ1) is 9.07. The molecule has 0 amide bonds. The fourth-order valence-corrected chi connectivity index (χ4v) is 1.16. The summed E-state index contributed by atoms with van der Waals surface area (Å²) in [5.74, 6) is 0. The SMILES string of the molecule is COC(C)(C)c1ccccc1N. The summed E-state index contributed by atoms with van der Waals surface area (Å²) in [7, 11) is 1.69. The zero-order valence-electron chi connectivity index (χ0n) is 7.79. The van der Waals surface area contributed by atoms with E-state index in [1.165, 1.54) is 0 Å². The lowest BCUT2D eigenvalue weighted by Crippen LogP contribution is -2.20. The van der Waals surface area contributed by atoms with Crippen molar-refractivity contribution in [1.82, 2.24) is 0 Å². The van der Waals surface area contributed by atoms with Gasteiger partial charge in [-0.15, -0.1) is 0 Å². The average Bonchev–Trinajstić information content (AvgIpc) is 2.05. The zero-order valence-corrected chi connectivity index (χ0v) is 7.79. The smallest absolute Gasteiger partial charge is 0.0891 e. The number of anilines is 1. The minimum absolute atomic E-state index is 0.300. The largest absolute Gasteiger partial charge is 0.398 e. The van der Waals surface area contributed by atoms with Crippen LogP contribution in [0.3, 0.4) is 0 Å². The Hall–Kier alpha value is -1.02. The molecule has 0 aromatic heterocycles. The molecule has 0 bridgehead atoms. The molecule has 1 rings (SSSR count). The van der Waals surface area contributed by atoms with Crippen LogP contribution in [0.2, 0.25) is 0 Å². The second-order valence-corrected chi connectivity index (χ2v) is 3.30. The number of ether oxygens (including phenoxy) is 1. The predicted molar refractivity (Wildman–Crippen MR) is 50.9 cm³/mol. The van der Waals surface area contributed by atoms with Gasteiger partial charge in [-0.05, 0) is 19.9 Å². The highest BCUT2D eigenvalue weighted by molar-refractivity contribution is 5.49. The molecule has 0 fully saturated rings. The number of rotatable bonds is 2. The van der Waals surface area contributed by atoms with Crippen LogP contribution in [0, 0.1) is 0 Å². The third-order valence-corrected chi connectivity index (χ3v) is 2.12. The summed E-state index contributed by atoms with van der Waals surface area (Å²) in [4.78, 5) is 0. The summed E-state index contributed by atoms with van der Waals surface area (Å²) in [5, 5.41) is 0. The molecule has 0 unspecified atom stereocenters. The number of nitrogen functional groups attached to an aromatic ring is 1. The summed E-state index contributed by atoms with van der Waals surface area (Å²) in [6.45, 7) is 4.00. The number of hydrogen-bond donors (Lipinski definition) is 1. The first-order valence-corrected chi connectivity index (χ1v) is 3.98. The molecule has 0 aliphatic heterocycles. The molecule has 0 saturated carbocycles. The second kappa shape index (κ2) is 3.15. The fourth-order valence-electron chi connectivity index (χ4n) is 1.16. The maximum Gasteiger partial charge on any atom is 0.0891 e. The lowest BCUT2D eigenvalue weighted by Gasteiger charge is -2.24. The molecule has 2 nitrogen and oxygen atoms in total. The Morgan fingerprint density at radius 2 is 1.83 bits per heavy atom. The highest BCUT2D eigenvalue weighted by Gasteiger charge is 2.21. The second-order valence-electron chi connectivity index (χ2n) is 3.30. The molecule has 66 valence electrons. The number of nitrogens with two attached hydrogens (primary N) is 1. The van der Waals surface area contributed by atoms with Crippen molar-refractivity contribution < 1.29 is 4.74 Å². The topological polar surface area (TPSA) is 35.2 Å². The molecule has 0 atom stereocenters. The quantitative estimate of drug-likeness (QED) is 0.681. The molecule has 1 aromatic rings. The van der Waals surface area contributed by atoms with Crippen molar-refractivity contribution >= 4 is 5.69 Å². The highest BCUT2D eigenvalue weighted by Crippen LogP contribution is 2.27. The van der Waals surface area contributed by atoms with Gasteiger partial charge in [-0.1, -0.05) is 18.2 Å². The van der Waals surface area contributed by atoms with E-state index in [9.17, 15) is 0 Å². The monoisotopic (exact) mass is 165 g/mol. The van der Waals surface area contributed by atoms with Crippen molar-refractivity contribution in [1.29, 1.82) is 0 Å². The van der Waals surface area contributed by atoms with Gasteiger partial charge in [0, 0.05) is 18.4 Å². The first-order valence-electron chi connectivity index (χ1n) is 3.98. The predicted octanol–water partition coefficient (Wildman–Crippen LogP) is 2.15. The van der Waals surface area contributed by atoms with E-state index >= 15 is 0 Å². The van der Waals surface area contributed by atoms with Crippen LogP contribution in [-0.2, 0) is 10.3 Å². The zero-order chi connectivity index (χ0) is 9.19. The van der Waals surface area contributed by atoms with Crippen LogP contribution in [0.15, 0.2) is 24.3 Å². The number of benzene rings is 1. The van der Waals surface area contributed by atoms with E-state index in [2.05, 4.69) is 0 Å². The van der Waals surface area contributed by atoms with Crippen molar-refractivity contribution in [3.8, 4) is 0 Å². The van der Waals surface area contributed by atoms with Crippen molar-refractivity contribution in [2.24, 2.45) is 0 Å². The number of methoxy groups -OCH3 is 1. The standard InChI is InChI=1S/C10H15NO/c1-10(2,12-3)8-6-4-5-7-9(8)11/h4-7H,11H2,1-3H3. The summed E-state index contributed by atoms with van der Waals surface area (Å²) in [6, 6.07) is 7.76. The third-order valence-electron chi connectivity index (χ3n) is 2.12. The van der Waals surface area contributed by atoms with E-state index in [0.29, 0.717) is 0 Å². The molecule has 2 N–H and O–H groups in total. The summed E-state index contributed by atoms with van der Waals surface area (Å²) >= 11 is 0. The summed E-state index contributed by atoms with van der Waals surface area (Å²) in [6.07, 6.45) is 0.